The number of hydrogen-bond donors (Lipinski definition) is 2. The molecule has 0 saturated carbocycles. The van der Waals surface area contributed by atoms with Crippen LogP contribution in [0.1, 0.15) is 25.8 Å². The van der Waals surface area contributed by atoms with Crippen molar-refractivity contribution in [3.05, 3.63) is 42.1 Å². The van der Waals surface area contributed by atoms with Crippen molar-refractivity contribution in [1.29, 1.82) is 0 Å². The zero-order chi connectivity index (χ0) is 14.4. The number of pyridine rings is 1. The molecule has 4 nitrogen and oxygen atoms in total. The lowest BCUT2D eigenvalue weighted by molar-refractivity contribution is -0.122. The summed E-state index contributed by atoms with van der Waals surface area (Å²) in [4.78, 5) is 16.1. The summed E-state index contributed by atoms with van der Waals surface area (Å²) >= 11 is 0. The van der Waals surface area contributed by atoms with E-state index in [1.165, 1.54) is 0 Å². The fourth-order valence-electron chi connectivity index (χ4n) is 2.07. The lowest BCUT2D eigenvalue weighted by Gasteiger charge is -2.14. The van der Waals surface area contributed by atoms with Gasteiger partial charge in [0, 0.05) is 24.7 Å². The largest absolute Gasteiger partial charge is 0.355 e. The number of nitrogens with zero attached hydrogens (tertiary/aromatic N) is 1. The molecule has 2 aromatic rings. The fourth-order valence-corrected chi connectivity index (χ4v) is 2.07. The molecule has 2 rings (SSSR count). The molecule has 1 amide bonds. The number of fused-ring (bicyclic) bond motifs is 1. The third-order valence-electron chi connectivity index (χ3n) is 3.28. The van der Waals surface area contributed by atoms with Gasteiger partial charge in [-0.2, -0.15) is 0 Å². The van der Waals surface area contributed by atoms with Crippen LogP contribution in [0.3, 0.4) is 0 Å². The molecule has 1 aromatic heterocycles. The molecule has 0 spiro atoms. The van der Waals surface area contributed by atoms with E-state index in [1.54, 1.807) is 6.20 Å². The van der Waals surface area contributed by atoms with Crippen LogP contribution < -0.4 is 10.6 Å². The van der Waals surface area contributed by atoms with Crippen molar-refractivity contribution in [2.24, 2.45) is 0 Å². The zero-order valence-corrected chi connectivity index (χ0v) is 12.0. The molecule has 1 aromatic carbocycles. The second-order valence-electron chi connectivity index (χ2n) is 4.88. The van der Waals surface area contributed by atoms with Crippen LogP contribution in [0.2, 0.25) is 0 Å². The monoisotopic (exact) mass is 271 g/mol. The molecule has 0 aliphatic carbocycles. The maximum atomic E-state index is 11.8. The van der Waals surface area contributed by atoms with Gasteiger partial charge in [0.25, 0.3) is 0 Å². The Morgan fingerprint density at radius 2 is 2.10 bits per heavy atom. The van der Waals surface area contributed by atoms with Crippen molar-refractivity contribution in [1.82, 2.24) is 15.6 Å². The highest BCUT2D eigenvalue weighted by Gasteiger charge is 2.11. The topological polar surface area (TPSA) is 54.0 Å². The van der Waals surface area contributed by atoms with Crippen LogP contribution in [0.15, 0.2) is 36.5 Å². The lowest BCUT2D eigenvalue weighted by Crippen LogP contribution is -2.42. The minimum absolute atomic E-state index is 0.0465. The molecule has 106 valence electrons. The molecule has 1 atom stereocenters. The van der Waals surface area contributed by atoms with Gasteiger partial charge in [0.05, 0.1) is 11.6 Å². The predicted molar refractivity (Wildman–Crippen MR) is 81.3 cm³/mol. The van der Waals surface area contributed by atoms with E-state index < -0.39 is 0 Å². The SMILES string of the molecule is CCCNC(=O)C(C)NCc1ccnc2ccccc12. The second kappa shape index (κ2) is 7.01. The summed E-state index contributed by atoms with van der Waals surface area (Å²) in [7, 11) is 0. The van der Waals surface area contributed by atoms with Gasteiger partial charge in [0.15, 0.2) is 0 Å². The summed E-state index contributed by atoms with van der Waals surface area (Å²) in [6, 6.07) is 9.83. The molecule has 1 heterocycles. The van der Waals surface area contributed by atoms with Crippen LogP contribution >= 0.6 is 0 Å². The van der Waals surface area contributed by atoms with Crippen molar-refractivity contribution in [3.8, 4) is 0 Å². The van der Waals surface area contributed by atoms with Crippen molar-refractivity contribution < 1.29 is 4.79 Å². The smallest absolute Gasteiger partial charge is 0.236 e. The molecule has 0 aliphatic heterocycles. The number of benzene rings is 1. The van der Waals surface area contributed by atoms with E-state index in [1.807, 2.05) is 38.1 Å². The Hall–Kier alpha value is -1.94. The number of rotatable bonds is 6. The van der Waals surface area contributed by atoms with Crippen LogP contribution in [-0.2, 0) is 11.3 Å². The van der Waals surface area contributed by atoms with Crippen LogP contribution in [-0.4, -0.2) is 23.5 Å². The van der Waals surface area contributed by atoms with Crippen molar-refractivity contribution in [2.45, 2.75) is 32.9 Å². The third kappa shape index (κ3) is 3.54. The van der Waals surface area contributed by atoms with E-state index in [-0.39, 0.29) is 11.9 Å². The normalized spacial score (nSPS) is 12.3. The molecule has 20 heavy (non-hydrogen) atoms. The summed E-state index contributed by atoms with van der Waals surface area (Å²) in [5.41, 5.74) is 2.14. The van der Waals surface area contributed by atoms with Gasteiger partial charge in [-0.05, 0) is 31.0 Å². The first-order valence-corrected chi connectivity index (χ1v) is 7.06. The molecule has 0 saturated heterocycles. The van der Waals surface area contributed by atoms with Gasteiger partial charge in [-0.15, -0.1) is 0 Å². The van der Waals surface area contributed by atoms with E-state index in [0.717, 1.165) is 29.4 Å². The average molecular weight is 271 g/mol. The Kier molecular flexibility index (Phi) is 5.07. The van der Waals surface area contributed by atoms with E-state index in [0.29, 0.717) is 6.54 Å². The number of hydrogen-bond acceptors (Lipinski definition) is 3. The maximum absolute atomic E-state index is 11.8. The first kappa shape index (κ1) is 14.5. The number of amides is 1. The van der Waals surface area contributed by atoms with E-state index >= 15 is 0 Å². The van der Waals surface area contributed by atoms with Gasteiger partial charge in [-0.3, -0.25) is 9.78 Å². The molecule has 4 heteroatoms. The van der Waals surface area contributed by atoms with Crippen LogP contribution in [0.4, 0.5) is 0 Å². The van der Waals surface area contributed by atoms with Crippen molar-refractivity contribution in [3.63, 3.8) is 0 Å². The molecular weight excluding hydrogens is 250 g/mol. The molecule has 0 aliphatic rings. The molecule has 0 bridgehead atoms. The Balaban J connectivity index is 2.00. The van der Waals surface area contributed by atoms with E-state index in [2.05, 4.69) is 21.7 Å². The summed E-state index contributed by atoms with van der Waals surface area (Å²) in [6.45, 7) is 5.31. The number of aromatic nitrogens is 1. The summed E-state index contributed by atoms with van der Waals surface area (Å²) in [6.07, 6.45) is 2.76. The van der Waals surface area contributed by atoms with Gasteiger partial charge in [-0.1, -0.05) is 25.1 Å². The van der Waals surface area contributed by atoms with Crippen molar-refractivity contribution in [2.75, 3.05) is 6.54 Å². The lowest BCUT2D eigenvalue weighted by atomic mass is 10.1. The summed E-state index contributed by atoms with van der Waals surface area (Å²) in [5.74, 6) is 0.0465. The first-order chi connectivity index (χ1) is 9.72. The Bertz CT molecular complexity index is 577. The second-order valence-corrected chi connectivity index (χ2v) is 4.88. The molecule has 0 fully saturated rings. The van der Waals surface area contributed by atoms with Crippen molar-refractivity contribution >= 4 is 16.8 Å². The number of carbonyl (C=O) groups is 1. The van der Waals surface area contributed by atoms with E-state index in [4.69, 9.17) is 0 Å². The molecule has 1 unspecified atom stereocenters. The third-order valence-corrected chi connectivity index (χ3v) is 3.28. The maximum Gasteiger partial charge on any atom is 0.236 e. The van der Waals surface area contributed by atoms with Gasteiger partial charge >= 0.3 is 0 Å². The zero-order valence-electron chi connectivity index (χ0n) is 12.0. The summed E-state index contributed by atoms with van der Waals surface area (Å²) < 4.78 is 0. The summed E-state index contributed by atoms with van der Waals surface area (Å²) in [5, 5.41) is 7.28. The first-order valence-electron chi connectivity index (χ1n) is 7.06. The van der Waals surface area contributed by atoms with Gasteiger partial charge in [0.2, 0.25) is 5.91 Å². The quantitative estimate of drug-likeness (QED) is 0.847. The fraction of sp³-hybridized carbons (Fsp3) is 0.375. The minimum atomic E-state index is -0.200. The van der Waals surface area contributed by atoms with Crippen LogP contribution in [0.5, 0.6) is 0 Å². The number of nitrogens with one attached hydrogen (secondary N) is 2. The predicted octanol–water partition coefficient (Wildman–Crippen LogP) is 2.24. The average Bonchev–Trinajstić information content (AvgIpc) is 2.50. The Morgan fingerprint density at radius 1 is 1.30 bits per heavy atom. The van der Waals surface area contributed by atoms with Gasteiger partial charge < -0.3 is 10.6 Å². The number of carbonyl (C=O) groups excluding carboxylic acids is 1. The Labute approximate surface area is 119 Å². The number of para-hydroxylation sites is 1. The molecular formula is C16H21N3O. The molecule has 0 radical (unpaired) electrons. The van der Waals surface area contributed by atoms with E-state index in [9.17, 15) is 4.79 Å². The highest BCUT2D eigenvalue weighted by atomic mass is 16.2. The minimum Gasteiger partial charge on any atom is -0.355 e. The van der Waals surface area contributed by atoms with Crippen LogP contribution in [0.25, 0.3) is 10.9 Å². The highest BCUT2D eigenvalue weighted by Crippen LogP contribution is 2.15. The van der Waals surface area contributed by atoms with Gasteiger partial charge in [0.1, 0.15) is 0 Å². The van der Waals surface area contributed by atoms with Gasteiger partial charge in [-0.25, -0.2) is 0 Å². The highest BCUT2D eigenvalue weighted by molar-refractivity contribution is 5.82. The standard InChI is InChI=1S/C16H21N3O/c1-3-9-18-16(20)12(2)19-11-13-8-10-17-15-7-5-4-6-14(13)15/h4-8,10,12,19H,3,9,11H2,1-2H3,(H,18,20). The molecule has 2 N–H and O–H groups in total. The Morgan fingerprint density at radius 3 is 2.90 bits per heavy atom. The van der Waals surface area contributed by atoms with Crippen LogP contribution in [0, 0.1) is 0 Å².